The van der Waals surface area contributed by atoms with Gasteiger partial charge < -0.3 is 15.6 Å². The highest BCUT2D eigenvalue weighted by Gasteiger charge is 2.36. The van der Waals surface area contributed by atoms with Crippen molar-refractivity contribution in [3.8, 4) is 11.1 Å². The molecular weight excluding hydrogens is 390 g/mol. The Labute approximate surface area is 181 Å². The van der Waals surface area contributed by atoms with Crippen LogP contribution in [0.3, 0.4) is 0 Å². The first-order valence-electron chi connectivity index (χ1n) is 10.3. The first-order valence-corrected chi connectivity index (χ1v) is 10.3. The molecule has 2 atom stereocenters. The fraction of sp³-hybridized carbons (Fsp3) is 0.231. The summed E-state index contributed by atoms with van der Waals surface area (Å²) in [6.07, 6.45) is 0.281. The quantitative estimate of drug-likeness (QED) is 0.451. The van der Waals surface area contributed by atoms with Crippen molar-refractivity contribution in [2.24, 2.45) is 11.7 Å². The number of carboxylic acid groups (broad SMARTS) is 1. The van der Waals surface area contributed by atoms with Crippen molar-refractivity contribution >= 4 is 11.9 Å². The van der Waals surface area contributed by atoms with Gasteiger partial charge in [-0.15, -0.1) is 0 Å². The van der Waals surface area contributed by atoms with Crippen molar-refractivity contribution in [2.45, 2.75) is 25.3 Å². The van der Waals surface area contributed by atoms with Crippen LogP contribution in [-0.4, -0.2) is 29.7 Å². The van der Waals surface area contributed by atoms with Crippen LogP contribution in [0.2, 0.25) is 0 Å². The number of aryl methyl sites for hydroxylation is 1. The van der Waals surface area contributed by atoms with Gasteiger partial charge in [-0.25, -0.2) is 0 Å². The second-order valence-electron chi connectivity index (χ2n) is 8.03. The van der Waals surface area contributed by atoms with Crippen molar-refractivity contribution in [3.63, 3.8) is 0 Å². The Kier molecular flexibility index (Phi) is 5.87. The summed E-state index contributed by atoms with van der Waals surface area (Å²) < 4.78 is 5.55. The van der Waals surface area contributed by atoms with Gasteiger partial charge in [-0.05, 0) is 41.2 Å². The van der Waals surface area contributed by atoms with E-state index in [0.717, 1.165) is 33.4 Å². The fourth-order valence-corrected chi connectivity index (χ4v) is 4.38. The first-order chi connectivity index (χ1) is 15.0. The van der Waals surface area contributed by atoms with Gasteiger partial charge in [0.2, 0.25) is 0 Å². The van der Waals surface area contributed by atoms with Gasteiger partial charge in [0.15, 0.2) is 5.92 Å². The summed E-state index contributed by atoms with van der Waals surface area (Å²) in [5, 5.41) is 9.67. The average molecular weight is 415 g/mol. The minimum atomic E-state index is -1.42. The molecule has 0 saturated carbocycles. The van der Waals surface area contributed by atoms with Crippen LogP contribution in [0.15, 0.2) is 72.8 Å². The lowest BCUT2D eigenvalue weighted by Gasteiger charge is -2.21. The molecule has 4 rings (SSSR count). The van der Waals surface area contributed by atoms with Crippen LogP contribution in [0.25, 0.3) is 11.1 Å². The number of benzene rings is 3. The summed E-state index contributed by atoms with van der Waals surface area (Å²) in [5.74, 6) is -3.61. The number of ether oxygens (including phenoxy) is 1. The Morgan fingerprint density at radius 2 is 1.58 bits per heavy atom. The number of hydrogen-bond acceptors (Lipinski definition) is 4. The number of carbonyl (C=O) groups excluding carboxylic acids is 1. The van der Waals surface area contributed by atoms with E-state index >= 15 is 0 Å². The molecule has 3 N–H and O–H groups in total. The maximum atomic E-state index is 12.8. The van der Waals surface area contributed by atoms with E-state index in [1.807, 2.05) is 79.7 Å². The number of carbonyl (C=O) groups is 2. The van der Waals surface area contributed by atoms with Crippen LogP contribution in [0.5, 0.6) is 0 Å². The van der Waals surface area contributed by atoms with Crippen molar-refractivity contribution in [1.29, 1.82) is 0 Å². The minimum Gasteiger partial charge on any atom is -0.481 e. The fourth-order valence-electron chi connectivity index (χ4n) is 4.38. The lowest BCUT2D eigenvalue weighted by molar-refractivity contribution is -0.159. The third-order valence-electron chi connectivity index (χ3n) is 5.86. The smallest absolute Gasteiger partial charge is 0.321 e. The number of hydrogen-bond donors (Lipinski definition) is 2. The van der Waals surface area contributed by atoms with E-state index < -0.39 is 23.9 Å². The summed E-state index contributed by atoms with van der Waals surface area (Å²) in [5.41, 5.74) is 12.5. The highest BCUT2D eigenvalue weighted by atomic mass is 16.5. The van der Waals surface area contributed by atoms with E-state index in [-0.39, 0.29) is 18.9 Å². The third kappa shape index (κ3) is 4.23. The average Bonchev–Trinajstić information content (AvgIpc) is 3.06. The van der Waals surface area contributed by atoms with Crippen LogP contribution in [0.1, 0.15) is 28.2 Å². The predicted molar refractivity (Wildman–Crippen MR) is 119 cm³/mol. The Bertz CT molecular complexity index is 1080. The minimum absolute atomic E-state index is 0.0772. The highest BCUT2D eigenvalue weighted by Crippen LogP contribution is 2.44. The van der Waals surface area contributed by atoms with E-state index in [9.17, 15) is 14.7 Å². The molecule has 0 saturated heterocycles. The molecule has 0 fully saturated rings. The van der Waals surface area contributed by atoms with Gasteiger partial charge >= 0.3 is 11.9 Å². The standard InChI is InChI=1S/C26H25NO4/c1-16-7-6-8-17(13-16)14-23(27)24(25(28)29)26(30)31-15-22-20-11-4-2-9-18(20)19-10-3-5-12-21(19)22/h2-13,22-24H,14-15,27H2,1H3,(H,28,29)/t23-,24+/m1/s1. The van der Waals surface area contributed by atoms with Crippen molar-refractivity contribution in [3.05, 3.63) is 95.1 Å². The molecule has 5 nitrogen and oxygen atoms in total. The summed E-state index contributed by atoms with van der Waals surface area (Å²) in [4.78, 5) is 24.6. The molecule has 1 aliphatic rings. The Morgan fingerprint density at radius 3 is 2.16 bits per heavy atom. The van der Waals surface area contributed by atoms with Crippen molar-refractivity contribution < 1.29 is 19.4 Å². The van der Waals surface area contributed by atoms with Gasteiger partial charge in [-0.2, -0.15) is 0 Å². The van der Waals surface area contributed by atoms with E-state index in [2.05, 4.69) is 0 Å². The molecule has 158 valence electrons. The van der Waals surface area contributed by atoms with Gasteiger partial charge in [0.1, 0.15) is 6.61 Å². The molecule has 0 aromatic heterocycles. The molecule has 5 heteroatoms. The second kappa shape index (κ2) is 8.74. The molecule has 1 aliphatic carbocycles. The zero-order valence-electron chi connectivity index (χ0n) is 17.3. The van der Waals surface area contributed by atoms with E-state index in [4.69, 9.17) is 10.5 Å². The van der Waals surface area contributed by atoms with Gasteiger partial charge in [-0.1, -0.05) is 78.4 Å². The van der Waals surface area contributed by atoms with Crippen LogP contribution in [0.4, 0.5) is 0 Å². The van der Waals surface area contributed by atoms with Crippen molar-refractivity contribution in [2.75, 3.05) is 6.61 Å². The largest absolute Gasteiger partial charge is 0.481 e. The molecule has 31 heavy (non-hydrogen) atoms. The molecule has 3 aromatic rings. The van der Waals surface area contributed by atoms with Crippen molar-refractivity contribution in [1.82, 2.24) is 0 Å². The summed E-state index contributed by atoms with van der Waals surface area (Å²) in [6.45, 7) is 2.03. The topological polar surface area (TPSA) is 89.6 Å². The molecule has 3 aromatic carbocycles. The maximum Gasteiger partial charge on any atom is 0.321 e. The third-order valence-corrected chi connectivity index (χ3v) is 5.86. The second-order valence-corrected chi connectivity index (χ2v) is 8.03. The normalized spacial score (nSPS) is 14.4. The molecule has 0 amide bonds. The van der Waals surface area contributed by atoms with Crippen LogP contribution < -0.4 is 5.73 Å². The van der Waals surface area contributed by atoms with E-state index in [1.165, 1.54) is 0 Å². The number of carboxylic acids is 1. The summed E-state index contributed by atoms with van der Waals surface area (Å²) in [6, 6.07) is 22.8. The van der Waals surface area contributed by atoms with Crippen LogP contribution >= 0.6 is 0 Å². The Hall–Kier alpha value is -3.44. The highest BCUT2D eigenvalue weighted by molar-refractivity contribution is 5.95. The lowest BCUT2D eigenvalue weighted by Crippen LogP contribution is -2.43. The van der Waals surface area contributed by atoms with E-state index in [0.29, 0.717) is 0 Å². The zero-order valence-corrected chi connectivity index (χ0v) is 17.3. The number of aliphatic carboxylic acids is 1. The Morgan fingerprint density at radius 1 is 0.968 bits per heavy atom. The van der Waals surface area contributed by atoms with Gasteiger partial charge in [-0.3, -0.25) is 9.59 Å². The molecular formula is C26H25NO4. The maximum absolute atomic E-state index is 12.8. The molecule has 0 spiro atoms. The molecule has 0 unspecified atom stereocenters. The van der Waals surface area contributed by atoms with Gasteiger partial charge in [0, 0.05) is 12.0 Å². The number of esters is 1. The zero-order chi connectivity index (χ0) is 22.0. The van der Waals surface area contributed by atoms with Gasteiger partial charge in [0.05, 0.1) is 0 Å². The predicted octanol–water partition coefficient (Wildman–Crippen LogP) is 3.92. The molecule has 0 radical (unpaired) electrons. The van der Waals surface area contributed by atoms with Crippen LogP contribution in [-0.2, 0) is 20.7 Å². The van der Waals surface area contributed by atoms with Crippen LogP contribution in [0, 0.1) is 12.8 Å². The van der Waals surface area contributed by atoms with E-state index in [1.54, 1.807) is 0 Å². The number of nitrogens with two attached hydrogens (primary N) is 1. The molecule has 0 aliphatic heterocycles. The number of fused-ring (bicyclic) bond motifs is 3. The summed E-state index contributed by atoms with van der Waals surface area (Å²) >= 11 is 0. The SMILES string of the molecule is Cc1cccc(C[C@@H](N)[C@@H](C(=O)O)C(=O)OCC2c3ccccc3-c3ccccc32)c1. The summed E-state index contributed by atoms with van der Waals surface area (Å²) in [7, 11) is 0. The first kappa shape index (κ1) is 20.8. The number of rotatable bonds is 7. The lowest BCUT2D eigenvalue weighted by atomic mass is 9.93. The Balaban J connectivity index is 1.49. The van der Waals surface area contributed by atoms with Gasteiger partial charge in [0.25, 0.3) is 0 Å². The molecule has 0 bridgehead atoms. The monoisotopic (exact) mass is 415 g/mol. The molecule has 0 heterocycles.